The fourth-order valence-corrected chi connectivity index (χ4v) is 2.82. The smallest absolute Gasteiger partial charge is 0.307 e. The van der Waals surface area contributed by atoms with Crippen LogP contribution in [-0.4, -0.2) is 24.6 Å². The molecule has 0 aromatic rings. The lowest BCUT2D eigenvalue weighted by Crippen LogP contribution is -2.24. The molecule has 2 unspecified atom stereocenters. The topological polar surface area (TPSA) is 52.6 Å². The van der Waals surface area contributed by atoms with Crippen LogP contribution in [0.15, 0.2) is 12.2 Å². The molecular formula is C24H40O4. The molecule has 4 nitrogen and oxygen atoms in total. The molecule has 0 aromatic heterocycles. The summed E-state index contributed by atoms with van der Waals surface area (Å²) in [6.07, 6.45) is 9.38. The number of carbonyl (C=O) groups excluding carboxylic acids is 2. The van der Waals surface area contributed by atoms with Gasteiger partial charge in [-0.05, 0) is 38.2 Å². The molecule has 0 amide bonds. The summed E-state index contributed by atoms with van der Waals surface area (Å²) in [4.78, 5) is 23.5. The summed E-state index contributed by atoms with van der Waals surface area (Å²) in [5, 5.41) is 0. The van der Waals surface area contributed by atoms with E-state index in [0.717, 1.165) is 63.4 Å². The van der Waals surface area contributed by atoms with Crippen molar-refractivity contribution < 1.29 is 19.1 Å². The molecular weight excluding hydrogens is 352 g/mol. The van der Waals surface area contributed by atoms with Crippen LogP contribution in [0.1, 0.15) is 98.3 Å². The molecule has 0 fully saturated rings. The van der Waals surface area contributed by atoms with Gasteiger partial charge in [0, 0.05) is 18.8 Å². The number of ether oxygens (including phenoxy) is 2. The van der Waals surface area contributed by atoms with E-state index in [4.69, 9.17) is 9.47 Å². The fourth-order valence-electron chi connectivity index (χ4n) is 2.82. The van der Waals surface area contributed by atoms with Crippen molar-refractivity contribution in [3.05, 3.63) is 12.2 Å². The van der Waals surface area contributed by atoms with Crippen molar-refractivity contribution in [2.24, 2.45) is 5.92 Å². The highest BCUT2D eigenvalue weighted by Crippen LogP contribution is 2.16. The Morgan fingerprint density at radius 3 is 2.04 bits per heavy atom. The maximum absolute atomic E-state index is 12.1. The Bertz CT molecular complexity index is 512. The highest BCUT2D eigenvalue weighted by atomic mass is 16.5. The average Bonchev–Trinajstić information content (AvgIpc) is 2.65. The van der Waals surface area contributed by atoms with Crippen LogP contribution < -0.4 is 0 Å². The quantitative estimate of drug-likeness (QED) is 0.195. The van der Waals surface area contributed by atoms with Crippen LogP contribution in [0, 0.1) is 17.8 Å². The van der Waals surface area contributed by atoms with E-state index < -0.39 is 0 Å². The van der Waals surface area contributed by atoms with Gasteiger partial charge in [-0.3, -0.25) is 9.59 Å². The van der Waals surface area contributed by atoms with Gasteiger partial charge in [0.25, 0.3) is 0 Å². The lowest BCUT2D eigenvalue weighted by molar-refractivity contribution is -0.148. The average molecular weight is 393 g/mol. The van der Waals surface area contributed by atoms with E-state index in [2.05, 4.69) is 32.3 Å². The SMILES string of the molecule is C=C(C)C#CC(OC(=O)CCCCCCCCC(=O)OCCC)C(C)CCC. The first-order valence-electron chi connectivity index (χ1n) is 10.9. The zero-order valence-electron chi connectivity index (χ0n) is 18.5. The molecule has 0 N–H and O–H groups in total. The first-order valence-corrected chi connectivity index (χ1v) is 10.9. The molecule has 0 aliphatic heterocycles. The van der Waals surface area contributed by atoms with Crippen molar-refractivity contribution in [3.8, 4) is 11.8 Å². The van der Waals surface area contributed by atoms with Gasteiger partial charge in [-0.25, -0.2) is 0 Å². The number of allylic oxidation sites excluding steroid dienone is 1. The van der Waals surface area contributed by atoms with Crippen LogP contribution >= 0.6 is 0 Å². The molecule has 0 aromatic carbocycles. The summed E-state index contributed by atoms with van der Waals surface area (Å²) in [6, 6.07) is 0. The van der Waals surface area contributed by atoms with Crippen molar-refractivity contribution in [2.45, 2.75) is 104 Å². The fraction of sp³-hybridized carbons (Fsp3) is 0.750. The van der Waals surface area contributed by atoms with Crippen molar-refractivity contribution >= 4 is 11.9 Å². The minimum atomic E-state index is -0.350. The first kappa shape index (κ1) is 26.2. The number of rotatable bonds is 15. The lowest BCUT2D eigenvalue weighted by Gasteiger charge is -2.19. The van der Waals surface area contributed by atoms with Gasteiger partial charge in [0.1, 0.15) is 0 Å². The third-order valence-electron chi connectivity index (χ3n) is 4.43. The standard InChI is InChI=1S/C24H40O4/c1-6-14-21(5)22(18-17-20(3)4)28-24(26)16-13-11-9-8-10-12-15-23(25)27-19-7-2/h21-22H,3,6-16,19H2,1-2,4-5H3. The normalized spacial score (nSPS) is 12.4. The highest BCUT2D eigenvalue weighted by molar-refractivity contribution is 5.70. The molecule has 0 saturated carbocycles. The minimum Gasteiger partial charge on any atom is -0.466 e. The van der Waals surface area contributed by atoms with E-state index >= 15 is 0 Å². The summed E-state index contributed by atoms with van der Waals surface area (Å²) in [5.41, 5.74) is 0.781. The second kappa shape index (κ2) is 17.3. The number of unbranched alkanes of at least 4 members (excludes halogenated alkanes) is 5. The van der Waals surface area contributed by atoms with Crippen LogP contribution in [0.25, 0.3) is 0 Å². The molecule has 0 saturated heterocycles. The van der Waals surface area contributed by atoms with Gasteiger partial charge < -0.3 is 9.47 Å². The van der Waals surface area contributed by atoms with Gasteiger partial charge in [-0.1, -0.05) is 71.3 Å². The van der Waals surface area contributed by atoms with Gasteiger partial charge in [0.05, 0.1) is 6.61 Å². The van der Waals surface area contributed by atoms with Gasteiger partial charge in [-0.15, -0.1) is 0 Å². The first-order chi connectivity index (χ1) is 13.4. The van der Waals surface area contributed by atoms with E-state index in [1.807, 2.05) is 13.8 Å². The van der Waals surface area contributed by atoms with E-state index in [0.29, 0.717) is 19.4 Å². The lowest BCUT2D eigenvalue weighted by atomic mass is 9.99. The maximum atomic E-state index is 12.1. The summed E-state index contributed by atoms with van der Waals surface area (Å²) in [6.45, 7) is 12.3. The van der Waals surface area contributed by atoms with Gasteiger partial charge in [-0.2, -0.15) is 0 Å². The maximum Gasteiger partial charge on any atom is 0.307 e. The summed E-state index contributed by atoms with van der Waals surface area (Å²) < 4.78 is 10.7. The molecule has 160 valence electrons. The second-order valence-corrected chi connectivity index (χ2v) is 7.57. The number of carbonyl (C=O) groups is 2. The molecule has 0 aliphatic rings. The molecule has 2 atom stereocenters. The van der Waals surface area contributed by atoms with Crippen molar-refractivity contribution in [2.75, 3.05) is 6.61 Å². The third kappa shape index (κ3) is 15.3. The third-order valence-corrected chi connectivity index (χ3v) is 4.43. The summed E-state index contributed by atoms with van der Waals surface area (Å²) >= 11 is 0. The molecule has 4 heteroatoms. The molecule has 0 bridgehead atoms. The highest BCUT2D eigenvalue weighted by Gasteiger charge is 2.18. The van der Waals surface area contributed by atoms with Crippen LogP contribution in [0.2, 0.25) is 0 Å². The van der Waals surface area contributed by atoms with Gasteiger partial charge in [0.2, 0.25) is 0 Å². The largest absolute Gasteiger partial charge is 0.466 e. The van der Waals surface area contributed by atoms with E-state index in [9.17, 15) is 9.59 Å². The van der Waals surface area contributed by atoms with Crippen LogP contribution in [0.4, 0.5) is 0 Å². The Hall–Kier alpha value is -1.76. The van der Waals surface area contributed by atoms with Crippen molar-refractivity contribution in [3.63, 3.8) is 0 Å². The Labute approximate surface area is 172 Å². The van der Waals surface area contributed by atoms with E-state index in [-0.39, 0.29) is 24.0 Å². The molecule has 0 radical (unpaired) electrons. The Balaban J connectivity index is 3.93. The summed E-state index contributed by atoms with van der Waals surface area (Å²) in [5.74, 6) is 5.97. The van der Waals surface area contributed by atoms with E-state index in [1.54, 1.807) is 0 Å². The molecule has 0 heterocycles. The number of esters is 2. The predicted molar refractivity (Wildman–Crippen MR) is 115 cm³/mol. The monoisotopic (exact) mass is 392 g/mol. The number of hydrogen-bond donors (Lipinski definition) is 0. The molecule has 28 heavy (non-hydrogen) atoms. The van der Waals surface area contributed by atoms with Crippen molar-refractivity contribution in [1.82, 2.24) is 0 Å². The molecule has 0 spiro atoms. The molecule has 0 aliphatic carbocycles. The minimum absolute atomic E-state index is 0.0915. The van der Waals surface area contributed by atoms with Crippen LogP contribution in [0.5, 0.6) is 0 Å². The molecule has 0 rings (SSSR count). The number of hydrogen-bond acceptors (Lipinski definition) is 4. The Morgan fingerprint density at radius 2 is 1.50 bits per heavy atom. The van der Waals surface area contributed by atoms with E-state index in [1.165, 1.54) is 0 Å². The van der Waals surface area contributed by atoms with Gasteiger partial charge >= 0.3 is 11.9 Å². The Kier molecular flexibility index (Phi) is 16.3. The summed E-state index contributed by atoms with van der Waals surface area (Å²) in [7, 11) is 0. The predicted octanol–water partition coefficient (Wildman–Crippen LogP) is 5.99. The zero-order chi connectivity index (χ0) is 21.2. The zero-order valence-corrected chi connectivity index (χ0v) is 18.5. The van der Waals surface area contributed by atoms with Crippen LogP contribution in [-0.2, 0) is 19.1 Å². The van der Waals surface area contributed by atoms with Gasteiger partial charge in [0.15, 0.2) is 6.10 Å². The van der Waals surface area contributed by atoms with Crippen LogP contribution in [0.3, 0.4) is 0 Å². The second-order valence-electron chi connectivity index (χ2n) is 7.57. The Morgan fingerprint density at radius 1 is 0.929 bits per heavy atom. The van der Waals surface area contributed by atoms with Crippen molar-refractivity contribution in [1.29, 1.82) is 0 Å².